The zero-order valence-corrected chi connectivity index (χ0v) is 18.7. The van der Waals surface area contributed by atoms with E-state index in [2.05, 4.69) is 31.0 Å². The summed E-state index contributed by atoms with van der Waals surface area (Å²) in [7, 11) is 3.50. The molecule has 4 rings (SSSR count). The zero-order valence-electron chi connectivity index (χ0n) is 18.7. The lowest BCUT2D eigenvalue weighted by Crippen LogP contribution is -2.28. The van der Waals surface area contributed by atoms with Gasteiger partial charge in [0.2, 0.25) is 5.91 Å². The van der Waals surface area contributed by atoms with Crippen LogP contribution < -0.4 is 4.74 Å². The van der Waals surface area contributed by atoms with E-state index < -0.39 is 0 Å². The van der Waals surface area contributed by atoms with Crippen molar-refractivity contribution in [1.29, 1.82) is 0 Å². The molecule has 6 nitrogen and oxygen atoms in total. The number of aromatic nitrogens is 3. The average Bonchev–Trinajstić information content (AvgIpc) is 3.29. The Labute approximate surface area is 182 Å². The standard InChI is InChI=1S/C25H28N4O2/c1-16-8-6-7-9-24(16)29-18(3)22(17(2)27-29)15-28(4)25(30)12-19-14-26-23-11-10-20(31-5)13-21(19)23/h6-11,13-14,26H,12,15H2,1-5H3. The number of fused-ring (bicyclic) bond motifs is 1. The molecule has 0 aliphatic carbocycles. The Morgan fingerprint density at radius 3 is 2.68 bits per heavy atom. The van der Waals surface area contributed by atoms with Crippen LogP contribution in [0.3, 0.4) is 0 Å². The lowest BCUT2D eigenvalue weighted by atomic mass is 10.1. The molecule has 0 atom stereocenters. The van der Waals surface area contributed by atoms with E-state index in [9.17, 15) is 4.79 Å². The Balaban J connectivity index is 1.54. The highest BCUT2D eigenvalue weighted by atomic mass is 16.5. The molecule has 31 heavy (non-hydrogen) atoms. The van der Waals surface area contributed by atoms with Crippen LogP contribution in [0.2, 0.25) is 0 Å². The van der Waals surface area contributed by atoms with Crippen LogP contribution >= 0.6 is 0 Å². The summed E-state index contributed by atoms with van der Waals surface area (Å²) in [6, 6.07) is 14.0. The number of H-pyrrole nitrogens is 1. The van der Waals surface area contributed by atoms with Gasteiger partial charge in [-0.1, -0.05) is 18.2 Å². The molecule has 0 aliphatic heterocycles. The molecule has 0 saturated heterocycles. The molecular weight excluding hydrogens is 388 g/mol. The number of likely N-dealkylation sites (N-methyl/N-ethyl adjacent to an activating group) is 1. The molecular formula is C25H28N4O2. The normalized spacial score (nSPS) is 11.1. The number of carbonyl (C=O) groups is 1. The summed E-state index contributed by atoms with van der Waals surface area (Å²) in [5, 5.41) is 5.76. The number of carbonyl (C=O) groups excluding carboxylic acids is 1. The molecule has 1 N–H and O–H groups in total. The maximum Gasteiger partial charge on any atom is 0.227 e. The second-order valence-corrected chi connectivity index (χ2v) is 8.00. The molecule has 0 fully saturated rings. The largest absolute Gasteiger partial charge is 0.497 e. The summed E-state index contributed by atoms with van der Waals surface area (Å²) in [6.07, 6.45) is 2.23. The van der Waals surface area contributed by atoms with Gasteiger partial charge in [0.15, 0.2) is 0 Å². The third-order valence-corrected chi connectivity index (χ3v) is 5.92. The van der Waals surface area contributed by atoms with E-state index in [-0.39, 0.29) is 5.91 Å². The van der Waals surface area contributed by atoms with Crippen molar-refractivity contribution < 1.29 is 9.53 Å². The van der Waals surface area contributed by atoms with Gasteiger partial charge in [0.25, 0.3) is 0 Å². The van der Waals surface area contributed by atoms with Gasteiger partial charge in [-0.05, 0) is 56.2 Å². The van der Waals surface area contributed by atoms with Crippen molar-refractivity contribution >= 4 is 16.8 Å². The van der Waals surface area contributed by atoms with E-state index in [0.717, 1.165) is 44.9 Å². The molecule has 0 bridgehead atoms. The van der Waals surface area contributed by atoms with Gasteiger partial charge in [-0.25, -0.2) is 4.68 Å². The summed E-state index contributed by atoms with van der Waals surface area (Å²) in [6.45, 7) is 6.67. The van der Waals surface area contributed by atoms with Gasteiger partial charge in [0.05, 0.1) is 24.9 Å². The van der Waals surface area contributed by atoms with E-state index in [4.69, 9.17) is 9.84 Å². The zero-order chi connectivity index (χ0) is 22.1. The van der Waals surface area contributed by atoms with Crippen LogP contribution in [0, 0.1) is 20.8 Å². The molecule has 4 aromatic rings. The minimum absolute atomic E-state index is 0.0613. The number of methoxy groups -OCH3 is 1. The van der Waals surface area contributed by atoms with Crippen molar-refractivity contribution in [3.8, 4) is 11.4 Å². The van der Waals surface area contributed by atoms with Gasteiger partial charge >= 0.3 is 0 Å². The van der Waals surface area contributed by atoms with Crippen molar-refractivity contribution in [2.45, 2.75) is 33.7 Å². The Morgan fingerprint density at radius 2 is 1.94 bits per heavy atom. The third kappa shape index (κ3) is 3.93. The number of para-hydroxylation sites is 1. The van der Waals surface area contributed by atoms with Crippen LogP contribution in [0.1, 0.15) is 28.1 Å². The van der Waals surface area contributed by atoms with E-state index in [1.54, 1.807) is 12.0 Å². The lowest BCUT2D eigenvalue weighted by Gasteiger charge is -2.18. The maximum absolute atomic E-state index is 13.0. The number of aromatic amines is 1. The fourth-order valence-electron chi connectivity index (χ4n) is 3.99. The highest BCUT2D eigenvalue weighted by molar-refractivity contribution is 5.89. The first-order valence-electron chi connectivity index (χ1n) is 10.4. The fraction of sp³-hybridized carbons (Fsp3) is 0.280. The number of rotatable bonds is 6. The number of aryl methyl sites for hydroxylation is 2. The molecule has 6 heteroatoms. The predicted molar refractivity (Wildman–Crippen MR) is 123 cm³/mol. The Kier molecular flexibility index (Phi) is 5.55. The first-order chi connectivity index (χ1) is 14.9. The van der Waals surface area contributed by atoms with Gasteiger partial charge in [0.1, 0.15) is 5.75 Å². The van der Waals surface area contributed by atoms with Gasteiger partial charge in [-0.15, -0.1) is 0 Å². The molecule has 2 aromatic carbocycles. The smallest absolute Gasteiger partial charge is 0.227 e. The molecule has 0 saturated carbocycles. The molecule has 160 valence electrons. The summed E-state index contributed by atoms with van der Waals surface area (Å²) < 4.78 is 7.31. The Morgan fingerprint density at radius 1 is 1.16 bits per heavy atom. The topological polar surface area (TPSA) is 63.2 Å². The van der Waals surface area contributed by atoms with E-state index in [1.807, 2.05) is 55.2 Å². The first-order valence-corrected chi connectivity index (χ1v) is 10.4. The number of nitrogens with zero attached hydrogens (tertiary/aromatic N) is 3. The van der Waals surface area contributed by atoms with Crippen molar-refractivity contribution in [2.75, 3.05) is 14.2 Å². The van der Waals surface area contributed by atoms with Crippen LogP contribution in [-0.4, -0.2) is 39.7 Å². The summed E-state index contributed by atoms with van der Waals surface area (Å²) in [5.74, 6) is 0.843. The predicted octanol–water partition coefficient (Wildman–Crippen LogP) is 4.49. The molecule has 0 spiro atoms. The Bertz CT molecular complexity index is 1250. The molecule has 0 unspecified atom stereocenters. The highest BCUT2D eigenvalue weighted by Gasteiger charge is 2.19. The fourth-order valence-corrected chi connectivity index (χ4v) is 3.99. The summed E-state index contributed by atoms with van der Waals surface area (Å²) >= 11 is 0. The number of nitrogens with one attached hydrogen (secondary N) is 1. The molecule has 2 aromatic heterocycles. The van der Waals surface area contributed by atoms with Crippen LogP contribution in [-0.2, 0) is 17.8 Å². The number of amides is 1. The quantitative estimate of drug-likeness (QED) is 0.504. The molecule has 1 amide bonds. The monoisotopic (exact) mass is 416 g/mol. The van der Waals surface area contributed by atoms with Crippen LogP contribution in [0.15, 0.2) is 48.7 Å². The number of hydrogen-bond acceptors (Lipinski definition) is 3. The number of hydrogen-bond donors (Lipinski definition) is 1. The van der Waals surface area contributed by atoms with Gasteiger partial charge in [-0.2, -0.15) is 5.10 Å². The second kappa shape index (κ2) is 8.30. The lowest BCUT2D eigenvalue weighted by molar-refractivity contribution is -0.129. The number of benzene rings is 2. The molecule has 0 aliphatic rings. The molecule has 0 radical (unpaired) electrons. The van der Waals surface area contributed by atoms with Gasteiger partial charge in [-0.3, -0.25) is 4.79 Å². The van der Waals surface area contributed by atoms with Crippen LogP contribution in [0.5, 0.6) is 5.75 Å². The van der Waals surface area contributed by atoms with E-state index in [0.29, 0.717) is 13.0 Å². The minimum Gasteiger partial charge on any atom is -0.497 e. The van der Waals surface area contributed by atoms with E-state index in [1.165, 1.54) is 5.56 Å². The third-order valence-electron chi connectivity index (χ3n) is 5.92. The van der Waals surface area contributed by atoms with Crippen molar-refractivity contribution in [3.63, 3.8) is 0 Å². The van der Waals surface area contributed by atoms with Crippen LogP contribution in [0.25, 0.3) is 16.6 Å². The second-order valence-electron chi connectivity index (χ2n) is 8.00. The van der Waals surface area contributed by atoms with Gasteiger partial charge < -0.3 is 14.6 Å². The van der Waals surface area contributed by atoms with Gasteiger partial charge in [0, 0.05) is 41.9 Å². The first kappa shape index (κ1) is 20.7. The molecule has 2 heterocycles. The van der Waals surface area contributed by atoms with Crippen molar-refractivity contribution in [2.24, 2.45) is 0 Å². The summed E-state index contributed by atoms with van der Waals surface area (Å²) in [5.41, 5.74) is 7.28. The van der Waals surface area contributed by atoms with Crippen molar-refractivity contribution in [1.82, 2.24) is 19.7 Å². The average molecular weight is 417 g/mol. The maximum atomic E-state index is 13.0. The minimum atomic E-state index is 0.0613. The van der Waals surface area contributed by atoms with E-state index >= 15 is 0 Å². The summed E-state index contributed by atoms with van der Waals surface area (Å²) in [4.78, 5) is 18.0. The highest BCUT2D eigenvalue weighted by Crippen LogP contribution is 2.25. The van der Waals surface area contributed by atoms with Crippen LogP contribution in [0.4, 0.5) is 0 Å². The number of ether oxygens (including phenoxy) is 1. The van der Waals surface area contributed by atoms with Crippen molar-refractivity contribution in [3.05, 3.63) is 76.7 Å². The Hall–Kier alpha value is -3.54. The SMILES string of the molecule is COc1ccc2[nH]cc(CC(=O)N(C)Cc3c(C)nn(-c4ccccc4C)c3C)c2c1.